The van der Waals surface area contributed by atoms with E-state index in [9.17, 15) is 9.59 Å². The molecule has 0 aromatic heterocycles. The molecule has 4 nitrogen and oxygen atoms in total. The maximum absolute atomic E-state index is 12.1. The summed E-state index contributed by atoms with van der Waals surface area (Å²) in [5, 5.41) is 3.49. The van der Waals surface area contributed by atoms with Crippen LogP contribution in [0, 0.1) is 0 Å². The van der Waals surface area contributed by atoms with Crippen LogP contribution >= 0.6 is 11.6 Å². The molecule has 2 aromatic rings. The third-order valence-corrected chi connectivity index (χ3v) is 3.95. The fraction of sp³-hybridized carbons (Fsp3) is 0.263. The molecule has 0 radical (unpaired) electrons. The van der Waals surface area contributed by atoms with Crippen molar-refractivity contribution in [2.24, 2.45) is 0 Å². The van der Waals surface area contributed by atoms with Crippen LogP contribution in [-0.4, -0.2) is 29.8 Å². The van der Waals surface area contributed by atoms with Crippen LogP contribution < -0.4 is 5.32 Å². The number of benzene rings is 2. The molecule has 0 bridgehead atoms. The van der Waals surface area contributed by atoms with Gasteiger partial charge in [-0.1, -0.05) is 54.1 Å². The second kappa shape index (κ2) is 9.08. The molecule has 5 heteroatoms. The lowest BCUT2D eigenvalue weighted by molar-refractivity contribution is -0.134. The summed E-state index contributed by atoms with van der Waals surface area (Å²) < 4.78 is 0. The van der Waals surface area contributed by atoms with Crippen molar-refractivity contribution in [3.8, 4) is 0 Å². The fourth-order valence-electron chi connectivity index (χ4n) is 2.29. The highest BCUT2D eigenvalue weighted by Crippen LogP contribution is 2.09. The van der Waals surface area contributed by atoms with Gasteiger partial charge < -0.3 is 10.2 Å². The van der Waals surface area contributed by atoms with Crippen molar-refractivity contribution in [3.63, 3.8) is 0 Å². The number of hydrogen-bond donors (Lipinski definition) is 1. The zero-order chi connectivity index (χ0) is 17.4. The number of nitrogens with one attached hydrogen (secondary N) is 1. The molecular formula is C19H21ClN2O2. The minimum Gasteiger partial charge on any atom is -0.350 e. The molecule has 0 fully saturated rings. The first kappa shape index (κ1) is 18.0. The Hall–Kier alpha value is -2.33. The quantitative estimate of drug-likeness (QED) is 0.839. The largest absolute Gasteiger partial charge is 0.350 e. The Labute approximate surface area is 147 Å². The van der Waals surface area contributed by atoms with Gasteiger partial charge in [0.05, 0.1) is 6.54 Å². The van der Waals surface area contributed by atoms with Gasteiger partial charge in [-0.3, -0.25) is 9.59 Å². The highest BCUT2D eigenvalue weighted by atomic mass is 35.5. The van der Waals surface area contributed by atoms with Crippen molar-refractivity contribution in [2.45, 2.75) is 19.9 Å². The average molecular weight is 345 g/mol. The van der Waals surface area contributed by atoms with E-state index in [-0.39, 0.29) is 18.4 Å². The standard InChI is InChI=1S/C19H21ClN2O2/c1-15(23)22(12-11-16-5-3-2-4-6-16)14-19(24)21-13-17-7-9-18(20)10-8-17/h2-10H,11-14H2,1H3,(H,21,24). The predicted octanol–water partition coefficient (Wildman–Crippen LogP) is 3.05. The van der Waals surface area contributed by atoms with E-state index in [2.05, 4.69) is 5.32 Å². The van der Waals surface area contributed by atoms with Crippen molar-refractivity contribution in [1.29, 1.82) is 0 Å². The number of rotatable bonds is 7. The Morgan fingerprint density at radius 1 is 1.00 bits per heavy atom. The molecule has 1 N–H and O–H groups in total. The number of carbonyl (C=O) groups is 2. The molecule has 0 heterocycles. The molecule has 0 saturated heterocycles. The van der Waals surface area contributed by atoms with E-state index >= 15 is 0 Å². The van der Waals surface area contributed by atoms with Crippen molar-refractivity contribution in [1.82, 2.24) is 10.2 Å². The SMILES string of the molecule is CC(=O)N(CCc1ccccc1)CC(=O)NCc1ccc(Cl)cc1. The second-order valence-corrected chi connectivity index (χ2v) is 6.02. The summed E-state index contributed by atoms with van der Waals surface area (Å²) in [5.74, 6) is -0.277. The Bertz CT molecular complexity index is 672. The third-order valence-electron chi connectivity index (χ3n) is 3.70. The second-order valence-electron chi connectivity index (χ2n) is 5.58. The van der Waals surface area contributed by atoms with Gasteiger partial charge in [0.2, 0.25) is 11.8 Å². The zero-order valence-corrected chi connectivity index (χ0v) is 14.4. The van der Waals surface area contributed by atoms with E-state index in [4.69, 9.17) is 11.6 Å². The number of halogens is 1. The topological polar surface area (TPSA) is 49.4 Å². The van der Waals surface area contributed by atoms with Gasteiger partial charge in [-0.15, -0.1) is 0 Å². The monoisotopic (exact) mass is 344 g/mol. The van der Waals surface area contributed by atoms with Gasteiger partial charge >= 0.3 is 0 Å². The van der Waals surface area contributed by atoms with Crippen molar-refractivity contribution in [3.05, 3.63) is 70.7 Å². The van der Waals surface area contributed by atoms with Gasteiger partial charge in [0.1, 0.15) is 0 Å². The molecule has 0 atom stereocenters. The highest BCUT2D eigenvalue weighted by Gasteiger charge is 2.13. The smallest absolute Gasteiger partial charge is 0.239 e. The van der Waals surface area contributed by atoms with Gasteiger partial charge in [-0.05, 0) is 29.7 Å². The molecule has 2 rings (SSSR count). The van der Waals surface area contributed by atoms with E-state index in [0.29, 0.717) is 18.1 Å². The molecule has 0 aliphatic carbocycles. The lowest BCUT2D eigenvalue weighted by Crippen LogP contribution is -2.40. The van der Waals surface area contributed by atoms with Gasteiger partial charge in [0.15, 0.2) is 0 Å². The lowest BCUT2D eigenvalue weighted by Gasteiger charge is -2.20. The number of amides is 2. The summed E-state index contributed by atoms with van der Waals surface area (Å²) >= 11 is 5.83. The van der Waals surface area contributed by atoms with E-state index in [1.807, 2.05) is 42.5 Å². The van der Waals surface area contributed by atoms with E-state index < -0.39 is 0 Å². The third kappa shape index (κ3) is 6.05. The van der Waals surface area contributed by atoms with Gasteiger partial charge in [-0.25, -0.2) is 0 Å². The molecule has 2 aromatic carbocycles. The van der Waals surface area contributed by atoms with Gasteiger partial charge in [-0.2, -0.15) is 0 Å². The summed E-state index contributed by atoms with van der Waals surface area (Å²) in [6.07, 6.45) is 0.727. The number of nitrogens with zero attached hydrogens (tertiary/aromatic N) is 1. The number of carbonyl (C=O) groups excluding carboxylic acids is 2. The minimum atomic E-state index is -0.173. The summed E-state index contributed by atoms with van der Waals surface area (Å²) in [6.45, 7) is 2.49. The van der Waals surface area contributed by atoms with Gasteiger partial charge in [0, 0.05) is 25.0 Å². The number of hydrogen-bond acceptors (Lipinski definition) is 2. The first-order valence-corrected chi connectivity index (χ1v) is 8.23. The molecule has 0 aliphatic heterocycles. The summed E-state index contributed by atoms with van der Waals surface area (Å²) in [5.41, 5.74) is 2.11. The van der Waals surface area contributed by atoms with E-state index in [1.54, 1.807) is 17.0 Å². The predicted molar refractivity (Wildman–Crippen MR) is 95.7 cm³/mol. The summed E-state index contributed by atoms with van der Waals surface area (Å²) in [4.78, 5) is 25.4. The Kier molecular flexibility index (Phi) is 6.82. The summed E-state index contributed by atoms with van der Waals surface area (Å²) in [6, 6.07) is 17.2. The molecule has 2 amide bonds. The molecular weight excluding hydrogens is 324 g/mol. The van der Waals surface area contributed by atoms with E-state index in [1.165, 1.54) is 6.92 Å². The molecule has 0 saturated carbocycles. The van der Waals surface area contributed by atoms with Crippen LogP contribution in [0.25, 0.3) is 0 Å². The first-order valence-electron chi connectivity index (χ1n) is 7.85. The highest BCUT2D eigenvalue weighted by molar-refractivity contribution is 6.30. The minimum absolute atomic E-state index is 0.0652. The molecule has 0 aliphatic rings. The van der Waals surface area contributed by atoms with Crippen molar-refractivity contribution < 1.29 is 9.59 Å². The summed E-state index contributed by atoms with van der Waals surface area (Å²) in [7, 11) is 0. The van der Waals surface area contributed by atoms with Crippen LogP contribution in [0.1, 0.15) is 18.1 Å². The Morgan fingerprint density at radius 2 is 1.67 bits per heavy atom. The van der Waals surface area contributed by atoms with Crippen molar-refractivity contribution >= 4 is 23.4 Å². The first-order chi connectivity index (χ1) is 11.5. The van der Waals surface area contributed by atoms with Crippen molar-refractivity contribution in [2.75, 3.05) is 13.1 Å². The fourth-order valence-corrected chi connectivity index (χ4v) is 2.41. The normalized spacial score (nSPS) is 10.2. The average Bonchev–Trinajstić information content (AvgIpc) is 2.58. The van der Waals surface area contributed by atoms with Crippen LogP contribution in [0.5, 0.6) is 0 Å². The van der Waals surface area contributed by atoms with Crippen LogP contribution in [0.15, 0.2) is 54.6 Å². The van der Waals surface area contributed by atoms with Crippen LogP contribution in [0.4, 0.5) is 0 Å². The zero-order valence-electron chi connectivity index (χ0n) is 13.7. The Morgan fingerprint density at radius 3 is 2.29 bits per heavy atom. The lowest BCUT2D eigenvalue weighted by atomic mass is 10.1. The molecule has 24 heavy (non-hydrogen) atoms. The molecule has 126 valence electrons. The van der Waals surface area contributed by atoms with Crippen LogP contribution in [0.2, 0.25) is 5.02 Å². The maximum Gasteiger partial charge on any atom is 0.239 e. The molecule has 0 spiro atoms. The van der Waals surface area contributed by atoms with Crippen LogP contribution in [0.3, 0.4) is 0 Å². The van der Waals surface area contributed by atoms with Crippen LogP contribution in [-0.2, 0) is 22.6 Å². The van der Waals surface area contributed by atoms with Gasteiger partial charge in [0.25, 0.3) is 0 Å². The Balaban J connectivity index is 1.82. The maximum atomic E-state index is 12.1. The van der Waals surface area contributed by atoms with E-state index in [0.717, 1.165) is 17.5 Å². The molecule has 0 unspecified atom stereocenters.